The number of hydrogen-bond acceptors (Lipinski definition) is 4. The lowest BCUT2D eigenvalue weighted by atomic mass is 9.99. The summed E-state index contributed by atoms with van der Waals surface area (Å²) in [7, 11) is -3.23. The number of nitrogens with one attached hydrogen (secondary N) is 3. The average molecular weight is 322 g/mol. The predicted octanol–water partition coefficient (Wildman–Crippen LogP) is -0.437. The SMILES string of the molecule is CCNC(=S)NNC(=O)[C@@H]1CCCN(S(=O)(=O)CC)C1. The maximum atomic E-state index is 12.0. The molecule has 116 valence electrons. The van der Waals surface area contributed by atoms with Gasteiger partial charge in [-0.1, -0.05) is 0 Å². The first-order valence-electron chi connectivity index (χ1n) is 6.72. The number of sulfonamides is 1. The van der Waals surface area contributed by atoms with Crippen LogP contribution in [0.4, 0.5) is 0 Å². The van der Waals surface area contributed by atoms with Gasteiger partial charge in [-0.15, -0.1) is 0 Å². The topological polar surface area (TPSA) is 90.5 Å². The van der Waals surface area contributed by atoms with Crippen LogP contribution in [0.15, 0.2) is 0 Å². The maximum absolute atomic E-state index is 12.0. The van der Waals surface area contributed by atoms with Gasteiger partial charge in [0.2, 0.25) is 15.9 Å². The third kappa shape index (κ3) is 4.88. The lowest BCUT2D eigenvalue weighted by molar-refractivity contribution is -0.126. The Morgan fingerprint density at radius 3 is 2.65 bits per heavy atom. The minimum absolute atomic E-state index is 0.0596. The van der Waals surface area contributed by atoms with Crippen LogP contribution in [0.1, 0.15) is 26.7 Å². The Balaban J connectivity index is 2.50. The number of nitrogens with zero attached hydrogens (tertiary/aromatic N) is 1. The average Bonchev–Trinajstić information content (AvgIpc) is 2.45. The molecule has 1 atom stereocenters. The number of thiocarbonyl (C=S) groups is 1. The highest BCUT2D eigenvalue weighted by molar-refractivity contribution is 7.89. The molecule has 20 heavy (non-hydrogen) atoms. The van der Waals surface area contributed by atoms with E-state index >= 15 is 0 Å². The van der Waals surface area contributed by atoms with Gasteiger partial charge in [0.15, 0.2) is 5.11 Å². The predicted molar refractivity (Wildman–Crippen MR) is 81.3 cm³/mol. The number of carbonyl (C=O) groups is 1. The van der Waals surface area contributed by atoms with Crippen LogP contribution in [0.5, 0.6) is 0 Å². The van der Waals surface area contributed by atoms with Crippen LogP contribution in [0.25, 0.3) is 0 Å². The Labute approximate surface area is 125 Å². The molecule has 1 heterocycles. The third-order valence-corrected chi connectivity index (χ3v) is 5.24. The molecule has 1 saturated heterocycles. The van der Waals surface area contributed by atoms with E-state index < -0.39 is 10.0 Å². The zero-order valence-electron chi connectivity index (χ0n) is 11.8. The van der Waals surface area contributed by atoms with Gasteiger partial charge in [0.05, 0.1) is 11.7 Å². The van der Waals surface area contributed by atoms with Crippen molar-refractivity contribution in [2.45, 2.75) is 26.7 Å². The summed E-state index contributed by atoms with van der Waals surface area (Å²) in [5, 5.41) is 3.19. The number of piperidine rings is 1. The molecule has 0 bridgehead atoms. The molecule has 0 spiro atoms. The highest BCUT2D eigenvalue weighted by atomic mass is 32.2. The Morgan fingerprint density at radius 2 is 2.05 bits per heavy atom. The molecule has 0 unspecified atom stereocenters. The summed E-state index contributed by atoms with van der Waals surface area (Å²) in [5.41, 5.74) is 5.11. The summed E-state index contributed by atoms with van der Waals surface area (Å²) in [6, 6.07) is 0. The lowest BCUT2D eigenvalue weighted by Crippen LogP contribution is -2.52. The standard InChI is InChI=1S/C11H22N4O3S2/c1-3-12-11(19)14-13-10(16)9-6-5-7-15(8-9)20(17,18)4-2/h9H,3-8H2,1-2H3,(H,13,16)(H2,12,14,19)/t9-/m1/s1. The fourth-order valence-corrected chi connectivity index (χ4v) is 3.39. The van der Waals surface area contributed by atoms with E-state index in [9.17, 15) is 13.2 Å². The Morgan fingerprint density at radius 1 is 1.35 bits per heavy atom. The van der Waals surface area contributed by atoms with E-state index in [-0.39, 0.29) is 24.1 Å². The van der Waals surface area contributed by atoms with Crippen molar-refractivity contribution in [1.29, 1.82) is 0 Å². The molecule has 1 aliphatic heterocycles. The van der Waals surface area contributed by atoms with Gasteiger partial charge in [0, 0.05) is 19.6 Å². The first kappa shape index (κ1) is 17.1. The smallest absolute Gasteiger partial charge is 0.242 e. The van der Waals surface area contributed by atoms with Crippen molar-refractivity contribution in [3.8, 4) is 0 Å². The van der Waals surface area contributed by atoms with Gasteiger partial charge in [-0.25, -0.2) is 12.7 Å². The van der Waals surface area contributed by atoms with Crippen molar-refractivity contribution in [1.82, 2.24) is 20.5 Å². The summed E-state index contributed by atoms with van der Waals surface area (Å²) < 4.78 is 25.0. The van der Waals surface area contributed by atoms with E-state index in [0.29, 0.717) is 31.0 Å². The molecular weight excluding hydrogens is 300 g/mol. The molecule has 0 aromatic heterocycles. The second kappa shape index (κ2) is 7.75. The van der Waals surface area contributed by atoms with Crippen LogP contribution in [0, 0.1) is 5.92 Å². The summed E-state index contributed by atoms with van der Waals surface area (Å²) in [4.78, 5) is 12.0. The minimum atomic E-state index is -3.23. The van der Waals surface area contributed by atoms with Gasteiger partial charge >= 0.3 is 0 Å². The van der Waals surface area contributed by atoms with Crippen molar-refractivity contribution >= 4 is 33.3 Å². The fraction of sp³-hybridized carbons (Fsp3) is 0.818. The number of hydrogen-bond donors (Lipinski definition) is 3. The maximum Gasteiger partial charge on any atom is 0.242 e. The van der Waals surface area contributed by atoms with Crippen LogP contribution >= 0.6 is 12.2 Å². The molecule has 0 aromatic rings. The van der Waals surface area contributed by atoms with Crippen LogP contribution in [-0.4, -0.2) is 49.1 Å². The van der Waals surface area contributed by atoms with Crippen LogP contribution < -0.4 is 16.2 Å². The highest BCUT2D eigenvalue weighted by Gasteiger charge is 2.31. The van der Waals surface area contributed by atoms with E-state index in [1.165, 1.54) is 4.31 Å². The number of rotatable bonds is 4. The van der Waals surface area contributed by atoms with Crippen LogP contribution in [0.2, 0.25) is 0 Å². The van der Waals surface area contributed by atoms with Gasteiger partial charge in [-0.2, -0.15) is 0 Å². The molecule has 1 aliphatic rings. The molecule has 1 amide bonds. The number of carbonyl (C=O) groups excluding carboxylic acids is 1. The number of amides is 1. The second-order valence-electron chi connectivity index (χ2n) is 4.57. The van der Waals surface area contributed by atoms with Crippen molar-refractivity contribution in [2.24, 2.45) is 5.92 Å². The Bertz CT molecular complexity index is 453. The van der Waals surface area contributed by atoms with Crippen molar-refractivity contribution in [2.75, 3.05) is 25.4 Å². The molecule has 9 heteroatoms. The van der Waals surface area contributed by atoms with Gasteiger partial charge < -0.3 is 5.32 Å². The van der Waals surface area contributed by atoms with Gasteiger partial charge in [-0.3, -0.25) is 15.6 Å². The van der Waals surface area contributed by atoms with Crippen LogP contribution in [0.3, 0.4) is 0 Å². The summed E-state index contributed by atoms with van der Waals surface area (Å²) in [6.07, 6.45) is 1.37. The second-order valence-corrected chi connectivity index (χ2v) is 7.24. The quantitative estimate of drug-likeness (QED) is 0.480. The molecule has 0 aromatic carbocycles. The molecule has 0 radical (unpaired) electrons. The summed E-state index contributed by atoms with van der Waals surface area (Å²) in [6.45, 7) is 4.88. The van der Waals surface area contributed by atoms with Crippen molar-refractivity contribution < 1.29 is 13.2 Å². The molecular formula is C11H22N4O3S2. The van der Waals surface area contributed by atoms with Gasteiger partial charge in [0.1, 0.15) is 0 Å². The molecule has 7 nitrogen and oxygen atoms in total. The summed E-state index contributed by atoms with van der Waals surface area (Å²) in [5.74, 6) is -0.521. The molecule has 0 aliphatic carbocycles. The van der Waals surface area contributed by atoms with Crippen molar-refractivity contribution in [3.63, 3.8) is 0 Å². The van der Waals surface area contributed by atoms with E-state index in [0.717, 1.165) is 0 Å². The molecule has 1 rings (SSSR count). The lowest BCUT2D eigenvalue weighted by Gasteiger charge is -2.30. The first-order valence-corrected chi connectivity index (χ1v) is 8.74. The minimum Gasteiger partial charge on any atom is -0.362 e. The first-order chi connectivity index (χ1) is 9.40. The summed E-state index contributed by atoms with van der Waals surface area (Å²) >= 11 is 4.93. The third-order valence-electron chi connectivity index (χ3n) is 3.15. The van der Waals surface area contributed by atoms with E-state index in [2.05, 4.69) is 16.2 Å². The highest BCUT2D eigenvalue weighted by Crippen LogP contribution is 2.19. The Hall–Kier alpha value is -0.930. The van der Waals surface area contributed by atoms with Crippen LogP contribution in [-0.2, 0) is 14.8 Å². The van der Waals surface area contributed by atoms with Crippen molar-refractivity contribution in [3.05, 3.63) is 0 Å². The monoisotopic (exact) mass is 322 g/mol. The molecule has 1 fully saturated rings. The molecule has 3 N–H and O–H groups in total. The van der Waals surface area contributed by atoms with E-state index in [1.807, 2.05) is 6.92 Å². The molecule has 0 saturated carbocycles. The zero-order valence-corrected chi connectivity index (χ0v) is 13.4. The van der Waals surface area contributed by atoms with E-state index in [4.69, 9.17) is 12.2 Å². The Kier molecular flexibility index (Phi) is 6.63. The zero-order chi connectivity index (χ0) is 15.2. The van der Waals surface area contributed by atoms with E-state index in [1.54, 1.807) is 6.92 Å². The normalized spacial score (nSPS) is 20.2. The number of hydrazine groups is 1. The largest absolute Gasteiger partial charge is 0.362 e. The van der Waals surface area contributed by atoms with Gasteiger partial charge in [0.25, 0.3) is 0 Å². The van der Waals surface area contributed by atoms with Gasteiger partial charge in [-0.05, 0) is 38.9 Å². The fourth-order valence-electron chi connectivity index (χ4n) is 2.02.